The van der Waals surface area contributed by atoms with E-state index in [0.29, 0.717) is 11.1 Å². The van der Waals surface area contributed by atoms with Crippen molar-refractivity contribution in [2.75, 3.05) is 5.32 Å². The number of nitrogens with one attached hydrogen (secondary N) is 1. The molecule has 1 aromatic heterocycles. The summed E-state index contributed by atoms with van der Waals surface area (Å²) in [5.41, 5.74) is 6.54. The van der Waals surface area contributed by atoms with Gasteiger partial charge in [-0.05, 0) is 61.4 Å². The van der Waals surface area contributed by atoms with Crippen LogP contribution in [0.1, 0.15) is 32.1 Å². The van der Waals surface area contributed by atoms with Gasteiger partial charge in [-0.15, -0.1) is 0 Å². The SMILES string of the molecule is Clc1ccccc1-n1c2c/c(=N\C3CCCCC3)c(Nc3cccnc3)cc-2nc2ccccc21. The molecule has 0 atom stereocenters. The highest BCUT2D eigenvalue weighted by atomic mass is 35.5. The van der Waals surface area contributed by atoms with Crippen molar-refractivity contribution >= 4 is 34.0 Å². The minimum Gasteiger partial charge on any atom is -0.352 e. The van der Waals surface area contributed by atoms with E-state index >= 15 is 0 Å². The molecule has 2 aromatic carbocycles. The van der Waals surface area contributed by atoms with Gasteiger partial charge >= 0.3 is 0 Å². The highest BCUT2D eigenvalue weighted by molar-refractivity contribution is 6.32. The summed E-state index contributed by atoms with van der Waals surface area (Å²) < 4.78 is 2.20. The molecule has 0 unspecified atom stereocenters. The molecule has 3 aliphatic rings. The van der Waals surface area contributed by atoms with Crippen molar-refractivity contribution in [2.24, 2.45) is 4.99 Å². The van der Waals surface area contributed by atoms with E-state index in [1.54, 1.807) is 6.20 Å². The van der Waals surface area contributed by atoms with Crippen LogP contribution in [0.5, 0.6) is 0 Å². The van der Waals surface area contributed by atoms with Gasteiger partial charge < -0.3 is 9.88 Å². The lowest BCUT2D eigenvalue weighted by atomic mass is 9.96. The molecule has 1 fully saturated rings. The minimum absolute atomic E-state index is 0.331. The molecule has 6 heteroatoms. The van der Waals surface area contributed by atoms with Crippen molar-refractivity contribution in [3.63, 3.8) is 0 Å². The summed E-state index contributed by atoms with van der Waals surface area (Å²) >= 11 is 6.71. The van der Waals surface area contributed by atoms with Crippen molar-refractivity contribution in [3.8, 4) is 17.1 Å². The maximum absolute atomic E-state index is 6.71. The number of fused-ring (bicyclic) bond motifs is 2. The Kier molecular flexibility index (Phi) is 5.93. The van der Waals surface area contributed by atoms with Crippen LogP contribution in [0.15, 0.2) is 90.2 Å². The van der Waals surface area contributed by atoms with E-state index in [1.165, 1.54) is 19.3 Å². The van der Waals surface area contributed by atoms with Gasteiger partial charge in [-0.3, -0.25) is 9.98 Å². The molecule has 1 saturated carbocycles. The molecule has 0 amide bonds. The fourth-order valence-electron chi connectivity index (χ4n) is 4.94. The van der Waals surface area contributed by atoms with E-state index in [9.17, 15) is 0 Å². The van der Waals surface area contributed by atoms with Crippen molar-refractivity contribution in [3.05, 3.63) is 95.6 Å². The highest BCUT2D eigenvalue weighted by Crippen LogP contribution is 2.33. The summed E-state index contributed by atoms with van der Waals surface area (Å²) in [4.78, 5) is 14.5. The average Bonchev–Trinajstić information content (AvgIpc) is 2.90. The van der Waals surface area contributed by atoms with Gasteiger partial charge in [0.15, 0.2) is 0 Å². The van der Waals surface area contributed by atoms with Crippen LogP contribution in [0, 0.1) is 0 Å². The lowest BCUT2D eigenvalue weighted by molar-refractivity contribution is 0.437. The molecule has 0 saturated heterocycles. The average molecular weight is 480 g/mol. The van der Waals surface area contributed by atoms with Gasteiger partial charge in [-0.25, -0.2) is 4.98 Å². The number of aromatic nitrogens is 3. The van der Waals surface area contributed by atoms with Crippen molar-refractivity contribution in [1.29, 1.82) is 0 Å². The van der Waals surface area contributed by atoms with Gasteiger partial charge in [-0.1, -0.05) is 55.1 Å². The van der Waals surface area contributed by atoms with Crippen molar-refractivity contribution in [2.45, 2.75) is 38.1 Å². The first kappa shape index (κ1) is 21.8. The van der Waals surface area contributed by atoms with Crippen molar-refractivity contribution < 1.29 is 0 Å². The van der Waals surface area contributed by atoms with E-state index in [1.807, 2.05) is 60.8 Å². The van der Waals surface area contributed by atoms with Gasteiger partial charge in [0, 0.05) is 6.20 Å². The molecule has 35 heavy (non-hydrogen) atoms. The predicted octanol–water partition coefficient (Wildman–Crippen LogP) is 7.16. The summed E-state index contributed by atoms with van der Waals surface area (Å²) in [6, 6.07) is 24.7. The number of halogens is 1. The number of hydrogen-bond acceptors (Lipinski definition) is 4. The summed E-state index contributed by atoms with van der Waals surface area (Å²) in [5, 5.41) is 5.17. The standard InChI is InChI=1S/C29H26ClN5/c30-22-12-4-6-14-27(22)35-28-15-7-5-13-23(28)34-26-17-24(33-21-11-8-16-31-19-21)25(18-29(26)35)32-20-9-2-1-3-10-20/h4-8,11-20,33H,1-3,9-10H2/b32-25+. The third kappa shape index (κ3) is 4.40. The number of pyridine rings is 1. The number of benzene rings is 3. The second-order valence-electron chi connectivity index (χ2n) is 9.03. The first-order chi connectivity index (χ1) is 17.3. The molecule has 0 spiro atoms. The Labute approximate surface area is 209 Å². The lowest BCUT2D eigenvalue weighted by Crippen LogP contribution is -2.19. The number of anilines is 2. The molecular formula is C29H26ClN5. The van der Waals surface area contributed by atoms with E-state index < -0.39 is 0 Å². The Morgan fingerprint density at radius 1 is 0.914 bits per heavy atom. The van der Waals surface area contributed by atoms with Crippen LogP contribution in [0.3, 0.4) is 0 Å². The molecule has 1 aliphatic heterocycles. The molecule has 0 bridgehead atoms. The van der Waals surface area contributed by atoms with Crippen LogP contribution in [-0.2, 0) is 0 Å². The number of rotatable bonds is 4. The quantitative estimate of drug-likeness (QED) is 0.278. The Morgan fingerprint density at radius 3 is 2.57 bits per heavy atom. The van der Waals surface area contributed by atoms with Crippen LogP contribution in [-0.4, -0.2) is 20.6 Å². The molecule has 2 aliphatic carbocycles. The summed E-state index contributed by atoms with van der Waals surface area (Å²) in [7, 11) is 0. The first-order valence-electron chi connectivity index (χ1n) is 12.2. The molecule has 174 valence electrons. The van der Waals surface area contributed by atoms with Crippen LogP contribution in [0.25, 0.3) is 28.1 Å². The highest BCUT2D eigenvalue weighted by Gasteiger charge is 2.19. The van der Waals surface area contributed by atoms with Gasteiger partial charge in [0.2, 0.25) is 0 Å². The number of para-hydroxylation sites is 3. The predicted molar refractivity (Wildman–Crippen MR) is 143 cm³/mol. The number of hydrogen-bond donors (Lipinski definition) is 1. The Bertz CT molecular complexity index is 1520. The molecule has 2 heterocycles. The lowest BCUT2D eigenvalue weighted by Gasteiger charge is -2.22. The Morgan fingerprint density at radius 2 is 1.74 bits per heavy atom. The Balaban J connectivity index is 1.64. The third-order valence-corrected chi connectivity index (χ3v) is 6.95. The monoisotopic (exact) mass is 479 g/mol. The summed E-state index contributed by atoms with van der Waals surface area (Å²) in [6.07, 6.45) is 9.63. The van der Waals surface area contributed by atoms with Gasteiger partial charge in [0.1, 0.15) is 0 Å². The van der Waals surface area contributed by atoms with E-state index in [0.717, 1.165) is 57.7 Å². The zero-order valence-corrected chi connectivity index (χ0v) is 20.1. The van der Waals surface area contributed by atoms with E-state index in [4.69, 9.17) is 21.6 Å². The minimum atomic E-state index is 0.331. The fourth-order valence-corrected chi connectivity index (χ4v) is 5.16. The maximum atomic E-state index is 6.71. The van der Waals surface area contributed by atoms with Gasteiger partial charge in [0.05, 0.1) is 62.1 Å². The zero-order valence-electron chi connectivity index (χ0n) is 19.4. The normalized spacial score (nSPS) is 15.1. The topological polar surface area (TPSA) is 55.1 Å². The van der Waals surface area contributed by atoms with E-state index in [2.05, 4.69) is 33.1 Å². The zero-order chi connectivity index (χ0) is 23.6. The molecule has 1 N–H and O–H groups in total. The second-order valence-corrected chi connectivity index (χ2v) is 9.44. The third-order valence-electron chi connectivity index (χ3n) is 6.63. The van der Waals surface area contributed by atoms with Crippen LogP contribution >= 0.6 is 11.6 Å². The van der Waals surface area contributed by atoms with Crippen molar-refractivity contribution in [1.82, 2.24) is 14.5 Å². The largest absolute Gasteiger partial charge is 0.352 e. The molecule has 0 radical (unpaired) electrons. The molecule has 6 rings (SSSR count). The maximum Gasteiger partial charge on any atom is 0.0900 e. The molecule has 5 nitrogen and oxygen atoms in total. The van der Waals surface area contributed by atoms with Crippen LogP contribution in [0.4, 0.5) is 11.4 Å². The van der Waals surface area contributed by atoms with Crippen LogP contribution in [0.2, 0.25) is 5.02 Å². The molecular weight excluding hydrogens is 454 g/mol. The first-order valence-corrected chi connectivity index (χ1v) is 12.6. The van der Waals surface area contributed by atoms with Gasteiger partial charge in [0.25, 0.3) is 0 Å². The second kappa shape index (κ2) is 9.51. The fraction of sp³-hybridized carbons (Fsp3) is 0.207. The van der Waals surface area contributed by atoms with E-state index in [-0.39, 0.29) is 0 Å². The van der Waals surface area contributed by atoms with Crippen LogP contribution < -0.4 is 10.7 Å². The summed E-state index contributed by atoms with van der Waals surface area (Å²) in [5.74, 6) is 0. The van der Waals surface area contributed by atoms with Gasteiger partial charge in [-0.2, -0.15) is 0 Å². The Hall–Kier alpha value is -3.70. The molecule has 3 aromatic rings. The smallest absolute Gasteiger partial charge is 0.0900 e. The number of nitrogens with zero attached hydrogens (tertiary/aromatic N) is 4. The summed E-state index contributed by atoms with van der Waals surface area (Å²) in [6.45, 7) is 0.